The predicted molar refractivity (Wildman–Crippen MR) is 106 cm³/mol. The van der Waals surface area contributed by atoms with E-state index >= 15 is 0 Å². The fourth-order valence-corrected chi connectivity index (χ4v) is 2.87. The number of hydrogen-bond donors (Lipinski definition) is 1. The van der Waals surface area contributed by atoms with Crippen molar-refractivity contribution in [3.8, 4) is 11.8 Å². The summed E-state index contributed by atoms with van der Waals surface area (Å²) in [5.74, 6) is 4.64. The first-order valence-electron chi connectivity index (χ1n) is 8.93. The van der Waals surface area contributed by atoms with Gasteiger partial charge in [-0.1, -0.05) is 36.3 Å². The molecule has 1 unspecified atom stereocenters. The normalized spacial score (nSPS) is 11.9. The van der Waals surface area contributed by atoms with Gasteiger partial charge in [0.25, 0.3) is 5.91 Å². The Hall–Kier alpha value is -3.00. The predicted octanol–water partition coefficient (Wildman–Crippen LogP) is 3.03. The molecule has 1 aromatic carbocycles. The van der Waals surface area contributed by atoms with Gasteiger partial charge in [-0.2, -0.15) is 0 Å². The molecule has 0 saturated heterocycles. The van der Waals surface area contributed by atoms with Crippen LogP contribution in [0.15, 0.2) is 48.7 Å². The van der Waals surface area contributed by atoms with E-state index in [1.54, 1.807) is 6.92 Å². The zero-order chi connectivity index (χ0) is 20.0. The first-order chi connectivity index (χ1) is 12.7. The molecule has 27 heavy (non-hydrogen) atoms. The average molecular weight is 365 g/mol. The van der Waals surface area contributed by atoms with Crippen LogP contribution in [0.3, 0.4) is 0 Å². The molecule has 0 aliphatic carbocycles. The standard InChI is InChI=1S/C22H27N3O2/c1-6-11-19(26)25(16-17-12-8-7-9-13-17)20(18-14-10-15-24(18)5)21(27)23-22(2,3)4/h7-10,12-15,20H,16H2,1-5H3,(H,23,27). The Morgan fingerprint density at radius 3 is 2.33 bits per heavy atom. The third kappa shape index (κ3) is 5.49. The Morgan fingerprint density at radius 1 is 1.15 bits per heavy atom. The lowest BCUT2D eigenvalue weighted by Gasteiger charge is -2.32. The van der Waals surface area contributed by atoms with Crippen LogP contribution in [0, 0.1) is 11.8 Å². The molecule has 0 aliphatic heterocycles. The third-order valence-electron chi connectivity index (χ3n) is 4.01. The van der Waals surface area contributed by atoms with E-state index in [4.69, 9.17) is 0 Å². The topological polar surface area (TPSA) is 54.3 Å². The summed E-state index contributed by atoms with van der Waals surface area (Å²) in [5, 5.41) is 3.00. The van der Waals surface area contributed by atoms with Crippen LogP contribution in [0.5, 0.6) is 0 Å². The van der Waals surface area contributed by atoms with Crippen molar-refractivity contribution < 1.29 is 9.59 Å². The lowest BCUT2D eigenvalue weighted by Crippen LogP contribution is -2.49. The maximum Gasteiger partial charge on any atom is 0.299 e. The van der Waals surface area contributed by atoms with Crippen LogP contribution < -0.4 is 5.32 Å². The van der Waals surface area contributed by atoms with Gasteiger partial charge in [0.15, 0.2) is 6.04 Å². The van der Waals surface area contributed by atoms with Crippen LogP contribution in [0.4, 0.5) is 0 Å². The van der Waals surface area contributed by atoms with E-state index < -0.39 is 11.6 Å². The van der Waals surface area contributed by atoms with E-state index in [2.05, 4.69) is 17.2 Å². The summed E-state index contributed by atoms with van der Waals surface area (Å²) in [6.07, 6.45) is 1.86. The molecule has 2 rings (SSSR count). The molecular weight excluding hydrogens is 338 g/mol. The number of carbonyl (C=O) groups is 2. The van der Waals surface area contributed by atoms with Gasteiger partial charge in [-0.15, -0.1) is 0 Å². The maximum atomic E-state index is 13.2. The average Bonchev–Trinajstić information content (AvgIpc) is 2.99. The fourth-order valence-electron chi connectivity index (χ4n) is 2.87. The van der Waals surface area contributed by atoms with Crippen molar-refractivity contribution in [2.45, 2.75) is 45.8 Å². The highest BCUT2D eigenvalue weighted by Crippen LogP contribution is 2.25. The molecule has 1 atom stereocenters. The number of rotatable bonds is 5. The van der Waals surface area contributed by atoms with Crippen LogP contribution in [-0.4, -0.2) is 26.8 Å². The van der Waals surface area contributed by atoms with Crippen molar-refractivity contribution in [1.82, 2.24) is 14.8 Å². The van der Waals surface area contributed by atoms with Crippen LogP contribution >= 0.6 is 0 Å². The monoisotopic (exact) mass is 365 g/mol. The zero-order valence-electron chi connectivity index (χ0n) is 16.6. The first-order valence-corrected chi connectivity index (χ1v) is 8.93. The van der Waals surface area contributed by atoms with Crippen molar-refractivity contribution in [3.05, 3.63) is 59.9 Å². The summed E-state index contributed by atoms with van der Waals surface area (Å²) < 4.78 is 1.86. The summed E-state index contributed by atoms with van der Waals surface area (Å²) >= 11 is 0. The van der Waals surface area contributed by atoms with E-state index in [-0.39, 0.29) is 11.8 Å². The van der Waals surface area contributed by atoms with Crippen LogP contribution in [-0.2, 0) is 23.2 Å². The van der Waals surface area contributed by atoms with Gasteiger partial charge in [0.1, 0.15) is 0 Å². The van der Waals surface area contributed by atoms with Gasteiger partial charge in [0.2, 0.25) is 5.91 Å². The van der Waals surface area contributed by atoms with E-state index in [1.165, 1.54) is 4.90 Å². The fraction of sp³-hybridized carbons (Fsp3) is 0.364. The Labute approximate surface area is 161 Å². The van der Waals surface area contributed by atoms with Crippen molar-refractivity contribution in [2.75, 3.05) is 0 Å². The number of benzene rings is 1. The summed E-state index contributed by atoms with van der Waals surface area (Å²) in [6.45, 7) is 7.67. The van der Waals surface area contributed by atoms with E-state index in [0.717, 1.165) is 11.3 Å². The molecule has 2 amide bonds. The molecule has 5 nitrogen and oxygen atoms in total. The minimum atomic E-state index is -0.780. The maximum absolute atomic E-state index is 13.2. The Balaban J connectivity index is 2.51. The highest BCUT2D eigenvalue weighted by atomic mass is 16.2. The van der Waals surface area contributed by atoms with Crippen molar-refractivity contribution in [3.63, 3.8) is 0 Å². The van der Waals surface area contributed by atoms with Crippen LogP contribution in [0.1, 0.15) is 45.0 Å². The molecule has 0 bridgehead atoms. The Kier molecular flexibility index (Phi) is 6.46. The Morgan fingerprint density at radius 2 is 1.81 bits per heavy atom. The van der Waals surface area contributed by atoms with Gasteiger partial charge in [-0.05, 0) is 51.3 Å². The van der Waals surface area contributed by atoms with E-state index in [1.807, 2.05) is 81.0 Å². The second kappa shape index (κ2) is 8.59. The molecule has 2 aromatic rings. The summed E-state index contributed by atoms with van der Waals surface area (Å²) in [7, 11) is 1.86. The number of carbonyl (C=O) groups excluding carboxylic acids is 2. The molecule has 1 heterocycles. The van der Waals surface area contributed by atoms with Gasteiger partial charge < -0.3 is 14.8 Å². The number of nitrogens with zero attached hydrogens (tertiary/aromatic N) is 2. The van der Waals surface area contributed by atoms with Crippen LogP contribution in [0.2, 0.25) is 0 Å². The highest BCUT2D eigenvalue weighted by Gasteiger charge is 2.34. The van der Waals surface area contributed by atoms with Crippen LogP contribution in [0.25, 0.3) is 0 Å². The van der Waals surface area contributed by atoms with Gasteiger partial charge in [-0.3, -0.25) is 9.59 Å². The smallest absolute Gasteiger partial charge is 0.299 e. The number of hydrogen-bond acceptors (Lipinski definition) is 2. The first kappa shape index (κ1) is 20.3. The number of amides is 2. The molecular formula is C22H27N3O2. The van der Waals surface area contributed by atoms with E-state index in [9.17, 15) is 9.59 Å². The van der Waals surface area contributed by atoms with Gasteiger partial charge in [0, 0.05) is 31.0 Å². The molecule has 0 saturated carbocycles. The molecule has 0 aliphatic rings. The lowest BCUT2D eigenvalue weighted by atomic mass is 10.0. The number of nitrogens with one attached hydrogen (secondary N) is 1. The molecule has 0 fully saturated rings. The van der Waals surface area contributed by atoms with Gasteiger partial charge in [-0.25, -0.2) is 0 Å². The van der Waals surface area contributed by atoms with Gasteiger partial charge in [0.05, 0.1) is 0 Å². The molecule has 5 heteroatoms. The second-order valence-electron chi connectivity index (χ2n) is 7.48. The number of aryl methyl sites for hydroxylation is 1. The Bertz CT molecular complexity index is 851. The zero-order valence-corrected chi connectivity index (χ0v) is 16.6. The summed E-state index contributed by atoms with van der Waals surface area (Å²) in [4.78, 5) is 27.5. The molecule has 1 aromatic heterocycles. The van der Waals surface area contributed by atoms with E-state index in [0.29, 0.717) is 6.54 Å². The molecule has 0 radical (unpaired) electrons. The number of aromatic nitrogens is 1. The lowest BCUT2D eigenvalue weighted by molar-refractivity contribution is -0.138. The minimum Gasteiger partial charge on any atom is -0.352 e. The van der Waals surface area contributed by atoms with Crippen molar-refractivity contribution in [2.24, 2.45) is 7.05 Å². The molecule has 142 valence electrons. The molecule has 0 spiro atoms. The van der Waals surface area contributed by atoms with Gasteiger partial charge >= 0.3 is 0 Å². The second-order valence-corrected chi connectivity index (χ2v) is 7.48. The largest absolute Gasteiger partial charge is 0.352 e. The SMILES string of the molecule is CC#CC(=O)N(Cc1ccccc1)C(C(=O)NC(C)(C)C)c1cccn1C. The van der Waals surface area contributed by atoms with Crippen molar-refractivity contribution in [1.29, 1.82) is 0 Å². The quantitative estimate of drug-likeness (QED) is 0.828. The summed E-state index contributed by atoms with van der Waals surface area (Å²) in [5.41, 5.74) is 1.25. The molecule has 1 N–H and O–H groups in total. The van der Waals surface area contributed by atoms with Crippen molar-refractivity contribution >= 4 is 11.8 Å². The minimum absolute atomic E-state index is 0.230. The highest BCUT2D eigenvalue weighted by molar-refractivity contribution is 5.97. The third-order valence-corrected chi connectivity index (χ3v) is 4.01. The summed E-state index contributed by atoms with van der Waals surface area (Å²) in [6, 6.07) is 12.6.